The van der Waals surface area contributed by atoms with Crippen LogP contribution < -0.4 is 5.32 Å². The van der Waals surface area contributed by atoms with Gasteiger partial charge in [-0.15, -0.1) is 0 Å². The van der Waals surface area contributed by atoms with Gasteiger partial charge in [0.1, 0.15) is 0 Å². The molecular weight excluding hydrogens is 343 g/mol. The highest BCUT2D eigenvalue weighted by molar-refractivity contribution is 6.01. The van der Waals surface area contributed by atoms with E-state index in [1.807, 2.05) is 24.3 Å². The van der Waals surface area contributed by atoms with Gasteiger partial charge < -0.3 is 15.2 Å². The molecule has 0 saturated heterocycles. The number of carbonyl (C=O) groups excluding carboxylic acids is 1. The molecule has 134 valence electrons. The van der Waals surface area contributed by atoms with Gasteiger partial charge in [-0.05, 0) is 35.7 Å². The van der Waals surface area contributed by atoms with Crippen molar-refractivity contribution in [3.8, 4) is 0 Å². The number of nitrogens with one attached hydrogen (secondary N) is 2. The number of hydrogen-bond acceptors (Lipinski definition) is 1. The maximum absolute atomic E-state index is 12.9. The Morgan fingerprint density at radius 3 is 2.65 bits per heavy atom. The highest BCUT2D eigenvalue weighted by Crippen LogP contribution is 2.33. The van der Waals surface area contributed by atoms with Crippen molar-refractivity contribution < 1.29 is 18.0 Å². The second-order valence-corrected chi connectivity index (χ2v) is 6.33. The molecule has 0 radical (unpaired) electrons. The summed E-state index contributed by atoms with van der Waals surface area (Å²) >= 11 is 0. The summed E-state index contributed by atoms with van der Waals surface area (Å²) in [4.78, 5) is 17.1. The van der Waals surface area contributed by atoms with Crippen LogP contribution in [0.5, 0.6) is 0 Å². The van der Waals surface area contributed by atoms with E-state index < -0.39 is 11.7 Å². The van der Waals surface area contributed by atoms with Crippen LogP contribution in [0.1, 0.15) is 16.7 Å². The molecular formula is C19H16F3N3O. The topological polar surface area (TPSA) is 48.1 Å². The number of aromatic amines is 1. The molecule has 1 aliphatic rings. The van der Waals surface area contributed by atoms with Crippen molar-refractivity contribution in [2.75, 3.05) is 11.9 Å². The van der Waals surface area contributed by atoms with Crippen LogP contribution in [0.4, 0.5) is 23.7 Å². The molecule has 0 unspecified atom stereocenters. The summed E-state index contributed by atoms with van der Waals surface area (Å²) in [5.41, 5.74) is 2.45. The van der Waals surface area contributed by atoms with E-state index in [4.69, 9.17) is 0 Å². The average Bonchev–Trinajstić information content (AvgIpc) is 3.02. The molecule has 2 amide bonds. The third kappa shape index (κ3) is 3.00. The maximum Gasteiger partial charge on any atom is 0.416 e. The van der Waals surface area contributed by atoms with Crippen molar-refractivity contribution in [3.05, 3.63) is 65.4 Å². The Labute approximate surface area is 147 Å². The lowest BCUT2D eigenvalue weighted by molar-refractivity contribution is -0.137. The van der Waals surface area contributed by atoms with Gasteiger partial charge in [-0.2, -0.15) is 13.2 Å². The zero-order valence-corrected chi connectivity index (χ0v) is 13.7. The highest BCUT2D eigenvalue weighted by atomic mass is 19.4. The molecule has 0 spiro atoms. The third-order valence-electron chi connectivity index (χ3n) is 4.67. The fraction of sp³-hybridized carbons (Fsp3) is 0.211. The summed E-state index contributed by atoms with van der Waals surface area (Å²) in [7, 11) is 0. The molecule has 0 atom stereocenters. The number of aromatic nitrogens is 1. The minimum atomic E-state index is -4.43. The van der Waals surface area contributed by atoms with Gasteiger partial charge in [-0.25, -0.2) is 4.79 Å². The molecule has 4 nitrogen and oxygen atoms in total. The van der Waals surface area contributed by atoms with Gasteiger partial charge in [0.05, 0.1) is 11.3 Å². The Hall–Kier alpha value is -2.96. The number of rotatable bonds is 1. The standard InChI is InChI=1S/C19H16F3N3O/c20-19(21,22)14-5-6-16-15(9-14)17(10-23-16)24-18(26)25-8-7-12-3-1-2-4-13(12)11-25/h1-6,9-10,23H,7-8,11H2,(H,24,26). The molecule has 2 N–H and O–H groups in total. The van der Waals surface area contributed by atoms with E-state index in [9.17, 15) is 18.0 Å². The van der Waals surface area contributed by atoms with E-state index in [1.165, 1.54) is 17.8 Å². The van der Waals surface area contributed by atoms with Crippen LogP contribution in [0.25, 0.3) is 10.9 Å². The van der Waals surface area contributed by atoms with E-state index in [0.29, 0.717) is 29.7 Å². The summed E-state index contributed by atoms with van der Waals surface area (Å²) in [6, 6.07) is 11.0. The molecule has 0 fully saturated rings. The van der Waals surface area contributed by atoms with Crippen molar-refractivity contribution >= 4 is 22.6 Å². The summed E-state index contributed by atoms with van der Waals surface area (Å²) in [6.07, 6.45) is -2.15. The predicted octanol–water partition coefficient (Wildman–Crippen LogP) is 4.78. The Kier molecular flexibility index (Phi) is 3.86. The number of amides is 2. The lowest BCUT2D eigenvalue weighted by Crippen LogP contribution is -2.38. The van der Waals surface area contributed by atoms with Crippen LogP contribution in [0.15, 0.2) is 48.7 Å². The van der Waals surface area contributed by atoms with E-state index in [1.54, 1.807) is 4.90 Å². The first-order valence-corrected chi connectivity index (χ1v) is 8.23. The van der Waals surface area contributed by atoms with Gasteiger partial charge >= 0.3 is 12.2 Å². The van der Waals surface area contributed by atoms with Crippen molar-refractivity contribution in [3.63, 3.8) is 0 Å². The lowest BCUT2D eigenvalue weighted by Gasteiger charge is -2.28. The molecule has 2 heterocycles. The lowest BCUT2D eigenvalue weighted by atomic mass is 10.0. The fourth-order valence-electron chi connectivity index (χ4n) is 3.26. The van der Waals surface area contributed by atoms with Gasteiger partial charge in [0, 0.05) is 30.2 Å². The number of fused-ring (bicyclic) bond motifs is 2. The summed E-state index contributed by atoms with van der Waals surface area (Å²) in [5.74, 6) is 0. The first kappa shape index (κ1) is 16.5. The summed E-state index contributed by atoms with van der Waals surface area (Å²) in [5, 5.41) is 3.07. The Bertz CT molecular complexity index is 978. The SMILES string of the molecule is O=C(Nc1c[nH]c2ccc(C(F)(F)F)cc12)N1CCc2ccccc2C1. The number of alkyl halides is 3. The second kappa shape index (κ2) is 6.09. The minimum Gasteiger partial charge on any atom is -0.359 e. The number of nitrogens with zero attached hydrogens (tertiary/aromatic N) is 1. The predicted molar refractivity (Wildman–Crippen MR) is 92.9 cm³/mol. The van der Waals surface area contributed by atoms with Gasteiger partial charge in [-0.3, -0.25) is 0 Å². The van der Waals surface area contributed by atoms with E-state index >= 15 is 0 Å². The Balaban J connectivity index is 1.57. The molecule has 2 aromatic carbocycles. The summed E-state index contributed by atoms with van der Waals surface area (Å²) in [6.45, 7) is 1.05. The molecule has 1 aromatic heterocycles. The highest BCUT2D eigenvalue weighted by Gasteiger charge is 2.31. The van der Waals surface area contributed by atoms with Crippen LogP contribution in [0, 0.1) is 0 Å². The molecule has 4 rings (SSSR count). The van der Waals surface area contributed by atoms with Gasteiger partial charge in [0.2, 0.25) is 0 Å². The molecule has 3 aromatic rings. The van der Waals surface area contributed by atoms with Crippen molar-refractivity contribution in [1.29, 1.82) is 0 Å². The van der Waals surface area contributed by atoms with Crippen LogP contribution in [0.3, 0.4) is 0 Å². The van der Waals surface area contributed by atoms with Crippen LogP contribution in [0.2, 0.25) is 0 Å². The number of anilines is 1. The van der Waals surface area contributed by atoms with Gasteiger partial charge in [-0.1, -0.05) is 24.3 Å². The van der Waals surface area contributed by atoms with Gasteiger partial charge in [0.25, 0.3) is 0 Å². The molecule has 1 aliphatic heterocycles. The maximum atomic E-state index is 12.9. The van der Waals surface area contributed by atoms with Crippen molar-refractivity contribution in [1.82, 2.24) is 9.88 Å². The third-order valence-corrected chi connectivity index (χ3v) is 4.67. The monoisotopic (exact) mass is 359 g/mol. The second-order valence-electron chi connectivity index (χ2n) is 6.33. The van der Waals surface area contributed by atoms with E-state index in [2.05, 4.69) is 10.3 Å². The largest absolute Gasteiger partial charge is 0.416 e. The number of benzene rings is 2. The fourth-order valence-corrected chi connectivity index (χ4v) is 3.26. The number of carbonyl (C=O) groups is 1. The number of halogens is 3. The molecule has 26 heavy (non-hydrogen) atoms. The number of H-pyrrole nitrogens is 1. The first-order valence-electron chi connectivity index (χ1n) is 8.23. The van der Waals surface area contributed by atoms with E-state index in [0.717, 1.165) is 24.1 Å². The first-order chi connectivity index (χ1) is 12.4. The normalized spacial score (nSPS) is 14.3. The van der Waals surface area contributed by atoms with Crippen molar-refractivity contribution in [2.24, 2.45) is 0 Å². The number of hydrogen-bond donors (Lipinski definition) is 2. The molecule has 0 aliphatic carbocycles. The minimum absolute atomic E-state index is 0.321. The van der Waals surface area contributed by atoms with Crippen LogP contribution in [-0.2, 0) is 19.1 Å². The number of urea groups is 1. The zero-order valence-electron chi connectivity index (χ0n) is 13.7. The smallest absolute Gasteiger partial charge is 0.359 e. The molecule has 0 saturated carbocycles. The quantitative estimate of drug-likeness (QED) is 0.646. The Morgan fingerprint density at radius 1 is 1.12 bits per heavy atom. The van der Waals surface area contributed by atoms with Crippen molar-refractivity contribution in [2.45, 2.75) is 19.1 Å². The zero-order chi connectivity index (χ0) is 18.3. The van der Waals surface area contributed by atoms with Gasteiger partial charge in [0.15, 0.2) is 0 Å². The molecule has 0 bridgehead atoms. The van der Waals surface area contributed by atoms with E-state index in [-0.39, 0.29) is 6.03 Å². The molecule has 7 heteroatoms. The summed E-state index contributed by atoms with van der Waals surface area (Å²) < 4.78 is 38.8. The average molecular weight is 359 g/mol. The van der Waals surface area contributed by atoms with Crippen LogP contribution in [-0.4, -0.2) is 22.5 Å². The van der Waals surface area contributed by atoms with Crippen LogP contribution >= 0.6 is 0 Å². The Morgan fingerprint density at radius 2 is 1.88 bits per heavy atom.